The summed E-state index contributed by atoms with van der Waals surface area (Å²) in [6.45, 7) is 1.21. The van der Waals surface area contributed by atoms with Gasteiger partial charge >= 0.3 is 5.97 Å². The van der Waals surface area contributed by atoms with E-state index in [2.05, 4.69) is 10.3 Å². The first-order valence-corrected chi connectivity index (χ1v) is 7.64. The SMILES string of the molecule is O=C(O)C1CCCN1Cc1cn(-c2cccc(Cl)c2Cl)nn1. The molecule has 6 nitrogen and oxygen atoms in total. The molecular formula is C14H14Cl2N4O2. The van der Waals surface area contributed by atoms with E-state index in [0.29, 0.717) is 34.4 Å². The molecule has 2 heterocycles. The summed E-state index contributed by atoms with van der Waals surface area (Å²) in [5.74, 6) is -0.789. The molecule has 3 rings (SSSR count). The lowest BCUT2D eigenvalue weighted by Gasteiger charge is -2.19. The number of carboxylic acid groups (broad SMARTS) is 1. The molecule has 1 aliphatic heterocycles. The van der Waals surface area contributed by atoms with Crippen molar-refractivity contribution in [3.8, 4) is 5.69 Å². The van der Waals surface area contributed by atoms with Gasteiger partial charge in [-0.25, -0.2) is 4.68 Å². The molecule has 116 valence electrons. The van der Waals surface area contributed by atoms with Crippen LogP contribution in [-0.2, 0) is 11.3 Å². The van der Waals surface area contributed by atoms with Gasteiger partial charge in [-0.1, -0.05) is 34.5 Å². The fraction of sp³-hybridized carbons (Fsp3) is 0.357. The van der Waals surface area contributed by atoms with E-state index < -0.39 is 12.0 Å². The van der Waals surface area contributed by atoms with E-state index in [-0.39, 0.29) is 0 Å². The highest BCUT2D eigenvalue weighted by Crippen LogP contribution is 2.28. The Kier molecular flexibility index (Phi) is 4.33. The Morgan fingerprint density at radius 1 is 1.41 bits per heavy atom. The maximum atomic E-state index is 11.2. The first kappa shape index (κ1) is 15.3. The van der Waals surface area contributed by atoms with Crippen LogP contribution in [0.4, 0.5) is 0 Å². The summed E-state index contributed by atoms with van der Waals surface area (Å²) < 4.78 is 1.55. The highest BCUT2D eigenvalue weighted by molar-refractivity contribution is 6.43. The lowest BCUT2D eigenvalue weighted by atomic mass is 10.2. The number of rotatable bonds is 4. The second-order valence-electron chi connectivity index (χ2n) is 5.19. The van der Waals surface area contributed by atoms with E-state index >= 15 is 0 Å². The molecule has 0 spiro atoms. The maximum absolute atomic E-state index is 11.2. The van der Waals surface area contributed by atoms with Crippen molar-refractivity contribution in [3.05, 3.63) is 40.1 Å². The molecule has 0 amide bonds. The molecule has 1 aromatic carbocycles. The summed E-state index contributed by atoms with van der Waals surface area (Å²) in [7, 11) is 0. The number of hydrogen-bond acceptors (Lipinski definition) is 4. The van der Waals surface area contributed by atoms with Crippen molar-refractivity contribution in [1.82, 2.24) is 19.9 Å². The first-order chi connectivity index (χ1) is 10.6. The normalized spacial score (nSPS) is 18.7. The van der Waals surface area contributed by atoms with Gasteiger partial charge in [-0.05, 0) is 31.5 Å². The van der Waals surface area contributed by atoms with Crippen molar-refractivity contribution < 1.29 is 9.90 Å². The van der Waals surface area contributed by atoms with Crippen LogP contribution in [-0.4, -0.2) is 43.6 Å². The number of benzene rings is 1. The smallest absolute Gasteiger partial charge is 0.320 e. The van der Waals surface area contributed by atoms with Gasteiger partial charge < -0.3 is 5.11 Å². The standard InChI is InChI=1S/C14H14Cl2N4O2/c15-10-3-1-4-11(13(10)16)20-8-9(17-18-20)7-19-6-2-5-12(19)14(21)22/h1,3-4,8,12H,2,5-7H2,(H,21,22). The van der Waals surface area contributed by atoms with Gasteiger partial charge in [-0.3, -0.25) is 9.69 Å². The molecule has 0 saturated carbocycles. The number of aliphatic carboxylic acids is 1. The fourth-order valence-electron chi connectivity index (χ4n) is 2.66. The second-order valence-corrected chi connectivity index (χ2v) is 5.98. The monoisotopic (exact) mass is 340 g/mol. The summed E-state index contributed by atoms with van der Waals surface area (Å²) in [4.78, 5) is 13.1. The van der Waals surface area contributed by atoms with Crippen LogP contribution >= 0.6 is 23.2 Å². The maximum Gasteiger partial charge on any atom is 0.320 e. The highest BCUT2D eigenvalue weighted by atomic mass is 35.5. The Balaban J connectivity index is 1.79. The topological polar surface area (TPSA) is 71.2 Å². The van der Waals surface area contributed by atoms with Crippen molar-refractivity contribution in [3.63, 3.8) is 0 Å². The minimum absolute atomic E-state index is 0.408. The highest BCUT2D eigenvalue weighted by Gasteiger charge is 2.30. The van der Waals surface area contributed by atoms with Crippen LogP contribution < -0.4 is 0 Å². The Bertz CT molecular complexity index is 704. The second kappa shape index (κ2) is 6.24. The Morgan fingerprint density at radius 3 is 3.00 bits per heavy atom. The van der Waals surface area contributed by atoms with Gasteiger partial charge in [0.1, 0.15) is 6.04 Å². The Morgan fingerprint density at radius 2 is 2.23 bits per heavy atom. The number of nitrogens with zero attached hydrogens (tertiary/aromatic N) is 4. The Hall–Kier alpha value is -1.63. The van der Waals surface area contributed by atoms with Crippen molar-refractivity contribution in [2.24, 2.45) is 0 Å². The number of aromatic nitrogens is 3. The molecule has 1 atom stereocenters. The quantitative estimate of drug-likeness (QED) is 0.926. The zero-order valence-corrected chi connectivity index (χ0v) is 13.1. The van der Waals surface area contributed by atoms with Crippen LogP contribution in [0.1, 0.15) is 18.5 Å². The molecule has 0 radical (unpaired) electrons. The van der Waals surface area contributed by atoms with Crippen LogP contribution in [0.15, 0.2) is 24.4 Å². The largest absolute Gasteiger partial charge is 0.480 e. The van der Waals surface area contributed by atoms with Crippen molar-refractivity contribution in [2.75, 3.05) is 6.54 Å². The predicted octanol–water partition coefficient (Wildman–Crippen LogP) is 2.62. The van der Waals surface area contributed by atoms with Gasteiger partial charge in [0, 0.05) is 6.54 Å². The minimum atomic E-state index is -0.789. The van der Waals surface area contributed by atoms with Gasteiger partial charge in [0.15, 0.2) is 0 Å². The molecule has 1 N–H and O–H groups in total. The molecule has 22 heavy (non-hydrogen) atoms. The molecule has 0 bridgehead atoms. The average Bonchev–Trinajstić information content (AvgIpc) is 3.12. The van der Waals surface area contributed by atoms with Crippen LogP contribution in [0.25, 0.3) is 5.69 Å². The van der Waals surface area contributed by atoms with Crippen molar-refractivity contribution in [1.29, 1.82) is 0 Å². The zero-order chi connectivity index (χ0) is 15.7. The van der Waals surface area contributed by atoms with Gasteiger partial charge in [-0.15, -0.1) is 5.10 Å². The summed E-state index contributed by atoms with van der Waals surface area (Å²) in [6, 6.07) is 4.83. The first-order valence-electron chi connectivity index (χ1n) is 6.88. The predicted molar refractivity (Wildman–Crippen MR) is 82.4 cm³/mol. The third-order valence-electron chi connectivity index (χ3n) is 3.73. The van der Waals surface area contributed by atoms with Crippen molar-refractivity contribution in [2.45, 2.75) is 25.4 Å². The van der Waals surface area contributed by atoms with Gasteiger partial charge in [-0.2, -0.15) is 0 Å². The number of hydrogen-bond donors (Lipinski definition) is 1. The van der Waals surface area contributed by atoms with Crippen LogP contribution in [0, 0.1) is 0 Å². The van der Waals surface area contributed by atoms with E-state index in [4.69, 9.17) is 23.2 Å². The van der Waals surface area contributed by atoms with Crippen molar-refractivity contribution >= 4 is 29.2 Å². The molecular weight excluding hydrogens is 327 g/mol. The summed E-state index contributed by atoms with van der Waals surface area (Å²) in [5.41, 5.74) is 1.34. The molecule has 1 fully saturated rings. The van der Waals surface area contributed by atoms with Crippen LogP contribution in [0.5, 0.6) is 0 Å². The number of likely N-dealkylation sites (tertiary alicyclic amines) is 1. The fourth-order valence-corrected chi connectivity index (χ4v) is 3.04. The van der Waals surface area contributed by atoms with Gasteiger partial charge in [0.25, 0.3) is 0 Å². The van der Waals surface area contributed by atoms with Crippen LogP contribution in [0.2, 0.25) is 10.0 Å². The number of halogens is 2. The third-order valence-corrected chi connectivity index (χ3v) is 4.54. The number of carbonyl (C=O) groups is 1. The minimum Gasteiger partial charge on any atom is -0.480 e. The summed E-state index contributed by atoms with van der Waals surface area (Å²) >= 11 is 12.2. The molecule has 0 aliphatic carbocycles. The molecule has 2 aromatic rings. The lowest BCUT2D eigenvalue weighted by Crippen LogP contribution is -2.35. The molecule has 1 aromatic heterocycles. The van der Waals surface area contributed by atoms with E-state index in [1.165, 1.54) is 0 Å². The average molecular weight is 341 g/mol. The molecule has 8 heteroatoms. The molecule has 1 aliphatic rings. The third kappa shape index (κ3) is 2.95. The van der Waals surface area contributed by atoms with Crippen LogP contribution in [0.3, 0.4) is 0 Å². The van der Waals surface area contributed by atoms with Gasteiger partial charge in [0.2, 0.25) is 0 Å². The Labute approximate surface area is 137 Å². The summed E-state index contributed by atoms with van der Waals surface area (Å²) in [6.07, 6.45) is 3.30. The van der Waals surface area contributed by atoms with E-state index in [1.54, 1.807) is 29.1 Å². The molecule has 1 unspecified atom stereocenters. The number of carboxylic acids is 1. The molecule has 1 saturated heterocycles. The lowest BCUT2D eigenvalue weighted by molar-refractivity contribution is -0.142. The van der Waals surface area contributed by atoms with Gasteiger partial charge in [0.05, 0.1) is 27.6 Å². The zero-order valence-electron chi connectivity index (χ0n) is 11.6. The van der Waals surface area contributed by atoms with E-state index in [1.807, 2.05) is 4.90 Å². The van der Waals surface area contributed by atoms with E-state index in [9.17, 15) is 9.90 Å². The van der Waals surface area contributed by atoms with E-state index in [0.717, 1.165) is 13.0 Å². The summed E-state index contributed by atoms with van der Waals surface area (Å²) in [5, 5.41) is 18.2.